The number of aromatic nitrogens is 2. The van der Waals surface area contributed by atoms with E-state index in [9.17, 15) is 9.90 Å². The van der Waals surface area contributed by atoms with Crippen LogP contribution in [0.3, 0.4) is 0 Å². The fraction of sp³-hybridized carbons (Fsp3) is 0.300. The van der Waals surface area contributed by atoms with Crippen molar-refractivity contribution in [1.82, 2.24) is 10.1 Å². The molecule has 0 unspecified atom stereocenters. The minimum atomic E-state index is -0.985. The number of benzene rings is 2. The van der Waals surface area contributed by atoms with Gasteiger partial charge >= 0.3 is 5.97 Å². The van der Waals surface area contributed by atoms with E-state index in [0.717, 1.165) is 61.1 Å². The van der Waals surface area contributed by atoms with Gasteiger partial charge in [-0.05, 0) is 74.4 Å². The SMILES string of the molecule is O=C(O)c1ccc2c(c1)Oc1ccc(OCc3c(-c4c(Cl)cccc4Cl)noc3C3CC3)nc1C1(CC2)CC1. The maximum Gasteiger partial charge on any atom is 0.335 e. The van der Waals surface area contributed by atoms with Crippen molar-refractivity contribution >= 4 is 29.2 Å². The number of nitrogens with zero attached hydrogens (tertiary/aromatic N) is 2. The average Bonchev–Trinajstić information content (AvgIpc) is 3.85. The van der Waals surface area contributed by atoms with Crippen LogP contribution in [0.4, 0.5) is 0 Å². The van der Waals surface area contributed by atoms with E-state index in [-0.39, 0.29) is 17.6 Å². The van der Waals surface area contributed by atoms with E-state index in [1.54, 1.807) is 36.4 Å². The first-order valence-electron chi connectivity index (χ1n) is 13.0. The van der Waals surface area contributed by atoms with Crippen LogP contribution in [0.15, 0.2) is 53.1 Å². The third-order valence-electron chi connectivity index (χ3n) is 7.93. The highest BCUT2D eigenvalue weighted by Gasteiger charge is 2.48. The normalized spacial score (nSPS) is 17.0. The standard InChI is InChI=1S/C30H24Cl2N2O5/c31-20-2-1-3-21(32)25(20)26-19(27(39-34-26)17-5-6-17)15-37-24-9-8-22-28(33-24)30(12-13-30)11-10-16-4-7-18(29(35)36)14-23(16)38-22/h1-4,7-9,14,17H,5-6,10-13,15H2,(H,35,36). The third-order valence-corrected chi connectivity index (χ3v) is 8.56. The molecule has 7 rings (SSSR count). The molecule has 0 saturated heterocycles. The second-order valence-corrected chi connectivity index (χ2v) is 11.4. The fourth-order valence-corrected chi connectivity index (χ4v) is 5.98. The summed E-state index contributed by atoms with van der Waals surface area (Å²) in [6.45, 7) is 0.205. The van der Waals surface area contributed by atoms with Crippen LogP contribution in [0.1, 0.15) is 71.0 Å². The van der Waals surface area contributed by atoms with Crippen molar-refractivity contribution in [3.63, 3.8) is 0 Å². The number of hydrogen-bond donors (Lipinski definition) is 1. The third kappa shape index (κ3) is 4.43. The first kappa shape index (κ1) is 24.5. The lowest BCUT2D eigenvalue weighted by Gasteiger charge is -2.24. The van der Waals surface area contributed by atoms with Gasteiger partial charge in [-0.2, -0.15) is 0 Å². The largest absolute Gasteiger partial charge is 0.478 e. The highest BCUT2D eigenvalue weighted by atomic mass is 35.5. The van der Waals surface area contributed by atoms with Crippen LogP contribution < -0.4 is 9.47 Å². The molecule has 1 aliphatic heterocycles. The zero-order valence-electron chi connectivity index (χ0n) is 20.9. The zero-order valence-corrected chi connectivity index (χ0v) is 22.4. The summed E-state index contributed by atoms with van der Waals surface area (Å²) in [6, 6.07) is 14.1. The van der Waals surface area contributed by atoms with Gasteiger partial charge in [0.2, 0.25) is 5.88 Å². The number of halogens is 2. The van der Waals surface area contributed by atoms with E-state index in [2.05, 4.69) is 5.16 Å². The van der Waals surface area contributed by atoms with Gasteiger partial charge in [-0.25, -0.2) is 9.78 Å². The van der Waals surface area contributed by atoms with Gasteiger partial charge in [0.15, 0.2) is 0 Å². The van der Waals surface area contributed by atoms with E-state index in [4.69, 9.17) is 42.2 Å². The van der Waals surface area contributed by atoms with Gasteiger partial charge in [-0.1, -0.05) is 40.5 Å². The summed E-state index contributed by atoms with van der Waals surface area (Å²) in [5.74, 6) is 1.80. The lowest BCUT2D eigenvalue weighted by Crippen LogP contribution is -2.16. The first-order valence-corrected chi connectivity index (χ1v) is 13.8. The summed E-state index contributed by atoms with van der Waals surface area (Å²) in [7, 11) is 0. The molecular weight excluding hydrogens is 539 g/mol. The summed E-state index contributed by atoms with van der Waals surface area (Å²) >= 11 is 13.0. The Morgan fingerprint density at radius 2 is 1.85 bits per heavy atom. The molecule has 2 saturated carbocycles. The predicted molar refractivity (Wildman–Crippen MR) is 145 cm³/mol. The van der Waals surface area contributed by atoms with E-state index < -0.39 is 5.97 Å². The summed E-state index contributed by atoms with van der Waals surface area (Å²) in [4.78, 5) is 16.4. The second-order valence-electron chi connectivity index (χ2n) is 10.5. The molecular formula is C30H24Cl2N2O5. The molecule has 1 spiro atoms. The van der Waals surface area contributed by atoms with Crippen LogP contribution in [0.25, 0.3) is 11.3 Å². The lowest BCUT2D eigenvalue weighted by atomic mass is 9.90. The number of carboxylic acid groups (broad SMARTS) is 1. The molecule has 3 heterocycles. The Morgan fingerprint density at radius 1 is 1.05 bits per heavy atom. The predicted octanol–water partition coefficient (Wildman–Crippen LogP) is 7.97. The number of rotatable bonds is 6. The molecule has 198 valence electrons. The number of hydrogen-bond acceptors (Lipinski definition) is 6. The minimum absolute atomic E-state index is 0.0650. The Labute approximate surface area is 234 Å². The summed E-state index contributed by atoms with van der Waals surface area (Å²) in [6.07, 6.45) is 5.82. The molecule has 2 aromatic carbocycles. The Morgan fingerprint density at radius 3 is 2.56 bits per heavy atom. The fourth-order valence-electron chi connectivity index (χ4n) is 5.40. The molecule has 7 nitrogen and oxygen atoms in total. The van der Waals surface area contributed by atoms with Crippen molar-refractivity contribution < 1.29 is 23.9 Å². The maximum atomic E-state index is 11.5. The van der Waals surface area contributed by atoms with E-state index in [1.807, 2.05) is 12.1 Å². The second kappa shape index (κ2) is 9.28. The molecule has 0 radical (unpaired) electrons. The maximum absolute atomic E-state index is 11.5. The highest BCUT2D eigenvalue weighted by molar-refractivity contribution is 6.39. The molecule has 39 heavy (non-hydrogen) atoms. The molecule has 2 aliphatic carbocycles. The average molecular weight is 563 g/mol. The number of ether oxygens (including phenoxy) is 2. The number of aromatic carboxylic acids is 1. The van der Waals surface area contributed by atoms with Gasteiger partial charge in [-0.3, -0.25) is 0 Å². The summed E-state index contributed by atoms with van der Waals surface area (Å²) < 4.78 is 18.3. The first-order chi connectivity index (χ1) is 18.9. The Hall–Kier alpha value is -3.55. The number of pyridine rings is 1. The number of fused-ring (bicyclic) bond motifs is 3. The number of carboxylic acids is 1. The Balaban J connectivity index is 1.21. The molecule has 2 fully saturated rings. The highest BCUT2D eigenvalue weighted by Crippen LogP contribution is 2.56. The topological polar surface area (TPSA) is 94.7 Å². The molecule has 4 aromatic rings. The van der Waals surface area contributed by atoms with E-state index >= 15 is 0 Å². The Bertz CT molecular complexity index is 1600. The van der Waals surface area contributed by atoms with Crippen molar-refractivity contribution in [3.05, 3.63) is 86.7 Å². The molecule has 1 N–H and O–H groups in total. The number of carbonyl (C=O) groups is 1. The quantitative estimate of drug-likeness (QED) is 0.254. The van der Waals surface area contributed by atoms with Crippen molar-refractivity contribution in [3.8, 4) is 28.6 Å². The van der Waals surface area contributed by atoms with Crippen molar-refractivity contribution in [2.24, 2.45) is 0 Å². The van der Waals surface area contributed by atoms with Crippen LogP contribution >= 0.6 is 23.2 Å². The van der Waals surface area contributed by atoms with Gasteiger partial charge < -0.3 is 19.1 Å². The van der Waals surface area contributed by atoms with Crippen LogP contribution in [-0.2, 0) is 18.4 Å². The summed E-state index contributed by atoms with van der Waals surface area (Å²) in [5, 5.41) is 14.8. The monoisotopic (exact) mass is 562 g/mol. The number of aryl methyl sites for hydroxylation is 1. The molecule has 0 bridgehead atoms. The van der Waals surface area contributed by atoms with Gasteiger partial charge in [0.25, 0.3) is 0 Å². The van der Waals surface area contributed by atoms with Crippen LogP contribution in [0, 0.1) is 0 Å². The molecule has 2 aromatic heterocycles. The summed E-state index contributed by atoms with van der Waals surface area (Å²) in [5.41, 5.74) is 4.03. The molecule has 0 atom stereocenters. The van der Waals surface area contributed by atoms with Gasteiger partial charge in [0, 0.05) is 23.0 Å². The van der Waals surface area contributed by atoms with Crippen LogP contribution in [0.2, 0.25) is 10.0 Å². The van der Waals surface area contributed by atoms with Crippen LogP contribution in [-0.4, -0.2) is 21.2 Å². The molecule has 0 amide bonds. The van der Waals surface area contributed by atoms with Crippen molar-refractivity contribution in [1.29, 1.82) is 0 Å². The molecule has 3 aliphatic rings. The zero-order chi connectivity index (χ0) is 26.7. The lowest BCUT2D eigenvalue weighted by molar-refractivity contribution is 0.0696. The minimum Gasteiger partial charge on any atom is -0.478 e. The molecule has 9 heteroatoms. The van der Waals surface area contributed by atoms with E-state index in [0.29, 0.717) is 44.6 Å². The van der Waals surface area contributed by atoms with Crippen LogP contribution in [0.5, 0.6) is 17.4 Å². The van der Waals surface area contributed by atoms with Gasteiger partial charge in [0.1, 0.15) is 29.6 Å². The Kier molecular flexibility index (Phi) is 5.83. The van der Waals surface area contributed by atoms with Gasteiger partial charge in [-0.15, -0.1) is 0 Å². The van der Waals surface area contributed by atoms with E-state index in [1.165, 1.54) is 0 Å². The van der Waals surface area contributed by atoms with Crippen molar-refractivity contribution in [2.75, 3.05) is 0 Å². The smallest absolute Gasteiger partial charge is 0.335 e. The van der Waals surface area contributed by atoms with Gasteiger partial charge in [0.05, 0.1) is 26.9 Å². The van der Waals surface area contributed by atoms with Crippen molar-refractivity contribution in [2.45, 2.75) is 56.5 Å².